The summed E-state index contributed by atoms with van der Waals surface area (Å²) < 4.78 is 16.4. The van der Waals surface area contributed by atoms with Crippen LogP contribution in [-0.2, 0) is 22.6 Å². The second-order valence-electron chi connectivity index (χ2n) is 7.19. The van der Waals surface area contributed by atoms with Crippen molar-refractivity contribution < 1.29 is 19.0 Å². The monoisotopic (exact) mass is 403 g/mol. The van der Waals surface area contributed by atoms with Crippen LogP contribution in [0.3, 0.4) is 0 Å². The van der Waals surface area contributed by atoms with Gasteiger partial charge in [-0.2, -0.15) is 0 Å². The van der Waals surface area contributed by atoms with Gasteiger partial charge in [-0.25, -0.2) is 0 Å². The first-order chi connectivity index (χ1) is 14.7. The van der Waals surface area contributed by atoms with Crippen molar-refractivity contribution in [1.29, 1.82) is 0 Å². The Hall–Kier alpha value is -3.31. The van der Waals surface area contributed by atoms with Gasteiger partial charge in [-0.3, -0.25) is 4.79 Å². The van der Waals surface area contributed by atoms with Gasteiger partial charge in [0.2, 0.25) is 0 Å². The van der Waals surface area contributed by atoms with Crippen LogP contribution in [0.4, 0.5) is 5.69 Å². The molecule has 0 N–H and O–H groups in total. The zero-order chi connectivity index (χ0) is 20.9. The van der Waals surface area contributed by atoms with Crippen LogP contribution in [-0.4, -0.2) is 33.3 Å². The highest BCUT2D eigenvalue weighted by atomic mass is 16.5. The van der Waals surface area contributed by atoms with Crippen molar-refractivity contribution in [2.24, 2.45) is 0 Å². The van der Waals surface area contributed by atoms with E-state index in [1.807, 2.05) is 47.4 Å². The van der Waals surface area contributed by atoms with Crippen molar-refractivity contribution in [3.8, 4) is 22.6 Å². The van der Waals surface area contributed by atoms with E-state index in [1.54, 1.807) is 14.2 Å². The molecule has 0 bridgehead atoms. The van der Waals surface area contributed by atoms with Gasteiger partial charge in [-0.15, -0.1) is 0 Å². The van der Waals surface area contributed by atoms with Gasteiger partial charge in [-0.05, 0) is 41.3 Å². The highest BCUT2D eigenvalue weighted by Gasteiger charge is 2.23. The molecule has 30 heavy (non-hydrogen) atoms. The van der Waals surface area contributed by atoms with Gasteiger partial charge in [0.05, 0.1) is 20.8 Å². The number of methoxy groups -OCH3 is 2. The molecule has 3 aromatic carbocycles. The second kappa shape index (κ2) is 9.01. The summed E-state index contributed by atoms with van der Waals surface area (Å²) >= 11 is 0. The van der Waals surface area contributed by atoms with E-state index in [9.17, 15) is 4.79 Å². The Morgan fingerprint density at radius 2 is 1.60 bits per heavy atom. The minimum absolute atomic E-state index is 0.0193. The first kappa shape index (κ1) is 20.0. The van der Waals surface area contributed by atoms with Crippen molar-refractivity contribution >= 4 is 11.6 Å². The zero-order valence-corrected chi connectivity index (χ0v) is 17.3. The Morgan fingerprint density at radius 3 is 2.37 bits per heavy atom. The average Bonchev–Trinajstić information content (AvgIpc) is 2.95. The summed E-state index contributed by atoms with van der Waals surface area (Å²) in [6.45, 7) is 1.12. The van der Waals surface area contributed by atoms with Crippen LogP contribution < -0.4 is 14.4 Å². The molecule has 1 aliphatic rings. The number of carbonyl (C=O) groups excluding carboxylic acids is 1. The molecular weight excluding hydrogens is 378 g/mol. The molecule has 4 rings (SSSR count). The molecular formula is C25H25NO4. The number of ether oxygens (including phenoxy) is 3. The predicted octanol–water partition coefficient (Wildman–Crippen LogP) is 4.48. The summed E-state index contributed by atoms with van der Waals surface area (Å²) in [5.74, 6) is 1.34. The van der Waals surface area contributed by atoms with Gasteiger partial charge >= 0.3 is 0 Å². The molecule has 0 saturated carbocycles. The number of rotatable bonds is 6. The normalized spacial score (nSPS) is 13.5. The third kappa shape index (κ3) is 4.16. The SMILES string of the molecule is COc1ccc(-c2ccc3c(c2)N(CCc2ccccc2)C(=O)COC3)cc1OC. The molecule has 3 aromatic rings. The van der Waals surface area contributed by atoms with Crippen LogP contribution in [0.2, 0.25) is 0 Å². The van der Waals surface area contributed by atoms with Crippen LogP contribution in [0.15, 0.2) is 66.7 Å². The van der Waals surface area contributed by atoms with Crippen molar-refractivity contribution in [2.45, 2.75) is 13.0 Å². The molecule has 1 heterocycles. The van der Waals surface area contributed by atoms with E-state index < -0.39 is 0 Å². The molecule has 0 aliphatic carbocycles. The number of hydrogen-bond acceptors (Lipinski definition) is 4. The van der Waals surface area contributed by atoms with E-state index in [4.69, 9.17) is 14.2 Å². The Balaban J connectivity index is 1.68. The fourth-order valence-corrected chi connectivity index (χ4v) is 3.72. The zero-order valence-electron chi connectivity index (χ0n) is 17.3. The summed E-state index contributed by atoms with van der Waals surface area (Å²) in [5, 5.41) is 0. The Morgan fingerprint density at radius 1 is 0.867 bits per heavy atom. The minimum Gasteiger partial charge on any atom is -0.493 e. The Kier molecular flexibility index (Phi) is 6.00. The Bertz CT molecular complexity index is 1030. The summed E-state index contributed by atoms with van der Waals surface area (Å²) in [7, 11) is 3.25. The van der Waals surface area contributed by atoms with E-state index >= 15 is 0 Å². The molecule has 0 aromatic heterocycles. The van der Waals surface area contributed by atoms with Gasteiger partial charge in [0.15, 0.2) is 11.5 Å². The maximum atomic E-state index is 12.8. The molecule has 0 saturated heterocycles. The molecule has 0 spiro atoms. The number of hydrogen-bond donors (Lipinski definition) is 0. The van der Waals surface area contributed by atoms with Crippen LogP contribution >= 0.6 is 0 Å². The molecule has 0 atom stereocenters. The van der Waals surface area contributed by atoms with Crippen molar-refractivity contribution in [3.05, 3.63) is 77.9 Å². The molecule has 0 radical (unpaired) electrons. The number of anilines is 1. The minimum atomic E-state index is -0.0193. The number of fused-ring (bicyclic) bond motifs is 1. The summed E-state index contributed by atoms with van der Waals surface area (Å²) in [4.78, 5) is 14.6. The molecule has 154 valence electrons. The van der Waals surface area contributed by atoms with Gasteiger partial charge in [-0.1, -0.05) is 48.5 Å². The largest absolute Gasteiger partial charge is 0.493 e. The van der Waals surface area contributed by atoms with Gasteiger partial charge in [0, 0.05) is 17.8 Å². The topological polar surface area (TPSA) is 48.0 Å². The van der Waals surface area contributed by atoms with Crippen LogP contribution in [0.1, 0.15) is 11.1 Å². The summed E-state index contributed by atoms with van der Waals surface area (Å²) in [6.07, 6.45) is 0.784. The van der Waals surface area contributed by atoms with E-state index in [-0.39, 0.29) is 12.5 Å². The number of carbonyl (C=O) groups is 1. The van der Waals surface area contributed by atoms with E-state index in [2.05, 4.69) is 24.3 Å². The fourth-order valence-electron chi connectivity index (χ4n) is 3.72. The van der Waals surface area contributed by atoms with Gasteiger partial charge in [0.25, 0.3) is 5.91 Å². The molecule has 5 nitrogen and oxygen atoms in total. The Labute approximate surface area is 176 Å². The lowest BCUT2D eigenvalue weighted by molar-refractivity contribution is -0.123. The fraction of sp³-hybridized carbons (Fsp3) is 0.240. The lowest BCUT2D eigenvalue weighted by Crippen LogP contribution is -2.34. The molecule has 0 fully saturated rings. The number of nitrogens with zero attached hydrogens (tertiary/aromatic N) is 1. The van der Waals surface area contributed by atoms with E-state index in [0.29, 0.717) is 24.7 Å². The summed E-state index contributed by atoms with van der Waals surface area (Å²) in [6, 6.07) is 22.2. The third-order valence-electron chi connectivity index (χ3n) is 5.34. The number of benzene rings is 3. The predicted molar refractivity (Wildman–Crippen MR) is 117 cm³/mol. The maximum Gasteiger partial charge on any atom is 0.253 e. The van der Waals surface area contributed by atoms with Gasteiger partial charge < -0.3 is 19.1 Å². The third-order valence-corrected chi connectivity index (χ3v) is 5.34. The second-order valence-corrected chi connectivity index (χ2v) is 7.19. The highest BCUT2D eigenvalue weighted by molar-refractivity contribution is 5.96. The molecule has 1 aliphatic heterocycles. The van der Waals surface area contributed by atoms with Crippen LogP contribution in [0.5, 0.6) is 11.5 Å². The standard InChI is InChI=1S/C25H25NO4/c1-28-23-11-10-20(15-24(23)29-2)19-8-9-21-16-30-17-25(27)26(22(21)14-19)13-12-18-6-4-3-5-7-18/h3-11,14-15H,12-13,16-17H2,1-2H3. The first-order valence-corrected chi connectivity index (χ1v) is 9.97. The lowest BCUT2D eigenvalue weighted by Gasteiger charge is -2.23. The van der Waals surface area contributed by atoms with Crippen molar-refractivity contribution in [1.82, 2.24) is 0 Å². The van der Waals surface area contributed by atoms with Crippen LogP contribution in [0.25, 0.3) is 11.1 Å². The first-order valence-electron chi connectivity index (χ1n) is 9.97. The smallest absolute Gasteiger partial charge is 0.253 e. The summed E-state index contributed by atoms with van der Waals surface area (Å²) in [5.41, 5.74) is 5.12. The molecule has 1 amide bonds. The van der Waals surface area contributed by atoms with E-state index in [1.165, 1.54) is 5.56 Å². The maximum absolute atomic E-state index is 12.8. The quantitative estimate of drug-likeness (QED) is 0.609. The molecule has 5 heteroatoms. The lowest BCUT2D eigenvalue weighted by atomic mass is 10.0. The van der Waals surface area contributed by atoms with Crippen LogP contribution in [0, 0.1) is 0 Å². The highest BCUT2D eigenvalue weighted by Crippen LogP contribution is 2.35. The van der Waals surface area contributed by atoms with Gasteiger partial charge in [0.1, 0.15) is 6.61 Å². The number of amides is 1. The van der Waals surface area contributed by atoms with Crippen molar-refractivity contribution in [2.75, 3.05) is 32.3 Å². The van der Waals surface area contributed by atoms with Crippen molar-refractivity contribution in [3.63, 3.8) is 0 Å². The average molecular weight is 403 g/mol. The molecule has 0 unspecified atom stereocenters. The van der Waals surface area contributed by atoms with E-state index in [0.717, 1.165) is 28.8 Å².